The maximum absolute atomic E-state index is 13.1. The van der Waals surface area contributed by atoms with Crippen LogP contribution in [0.1, 0.15) is 44.9 Å². The van der Waals surface area contributed by atoms with Crippen LogP contribution in [0.15, 0.2) is 60.7 Å². The SMILES string of the molecule is Cc1ccc(CN2CCCn3nc(C(=O)NCCC(=O)Nc4ccccc4)cc3C2=O)cc1. The lowest BCUT2D eigenvalue weighted by Crippen LogP contribution is -2.30. The number of fused-ring (bicyclic) bond motifs is 1. The normalized spacial score (nSPS) is 13.2. The number of rotatable bonds is 7. The quantitative estimate of drug-likeness (QED) is 0.584. The zero-order valence-electron chi connectivity index (χ0n) is 18.6. The van der Waals surface area contributed by atoms with E-state index in [4.69, 9.17) is 0 Å². The van der Waals surface area contributed by atoms with Gasteiger partial charge in [-0.25, -0.2) is 0 Å². The third kappa shape index (κ3) is 5.65. The third-order valence-corrected chi connectivity index (χ3v) is 5.51. The summed E-state index contributed by atoms with van der Waals surface area (Å²) in [5.74, 6) is -0.730. The summed E-state index contributed by atoms with van der Waals surface area (Å²) in [5, 5.41) is 9.82. The third-order valence-electron chi connectivity index (χ3n) is 5.51. The van der Waals surface area contributed by atoms with E-state index in [1.807, 2.05) is 49.4 Å². The largest absolute Gasteiger partial charge is 0.350 e. The first-order valence-electron chi connectivity index (χ1n) is 11.1. The molecule has 8 nitrogen and oxygen atoms in total. The molecule has 0 atom stereocenters. The molecular formula is C25H27N5O3. The number of nitrogens with one attached hydrogen (secondary N) is 2. The van der Waals surface area contributed by atoms with Gasteiger partial charge in [-0.1, -0.05) is 48.0 Å². The smallest absolute Gasteiger partial charge is 0.272 e. The van der Waals surface area contributed by atoms with E-state index in [-0.39, 0.29) is 30.5 Å². The molecule has 0 bridgehead atoms. The van der Waals surface area contributed by atoms with Gasteiger partial charge in [0.15, 0.2) is 5.69 Å². The van der Waals surface area contributed by atoms with Gasteiger partial charge in [-0.05, 0) is 31.0 Å². The first kappa shape index (κ1) is 22.3. The lowest BCUT2D eigenvalue weighted by molar-refractivity contribution is -0.116. The van der Waals surface area contributed by atoms with E-state index < -0.39 is 5.91 Å². The number of nitrogens with zero attached hydrogens (tertiary/aromatic N) is 3. The highest BCUT2D eigenvalue weighted by atomic mass is 16.2. The second-order valence-electron chi connectivity index (χ2n) is 8.12. The molecular weight excluding hydrogens is 418 g/mol. The van der Waals surface area contributed by atoms with Crippen molar-refractivity contribution < 1.29 is 14.4 Å². The minimum Gasteiger partial charge on any atom is -0.350 e. The number of carbonyl (C=O) groups is 3. The molecule has 3 amide bonds. The summed E-state index contributed by atoms with van der Waals surface area (Å²) in [7, 11) is 0. The molecule has 0 radical (unpaired) electrons. The molecule has 1 aromatic heterocycles. The van der Waals surface area contributed by atoms with Crippen molar-refractivity contribution >= 4 is 23.4 Å². The number of carbonyl (C=O) groups excluding carboxylic acids is 3. The first-order valence-corrected chi connectivity index (χ1v) is 11.1. The lowest BCUT2D eigenvalue weighted by atomic mass is 10.1. The van der Waals surface area contributed by atoms with E-state index in [1.54, 1.807) is 21.7 Å². The van der Waals surface area contributed by atoms with Gasteiger partial charge in [-0.2, -0.15) is 5.10 Å². The Kier molecular flexibility index (Phi) is 6.83. The van der Waals surface area contributed by atoms with Gasteiger partial charge in [-0.15, -0.1) is 0 Å². The van der Waals surface area contributed by atoms with Crippen molar-refractivity contribution in [2.75, 3.05) is 18.4 Å². The van der Waals surface area contributed by atoms with Crippen LogP contribution >= 0.6 is 0 Å². The van der Waals surface area contributed by atoms with Gasteiger partial charge in [0.25, 0.3) is 11.8 Å². The summed E-state index contributed by atoms with van der Waals surface area (Å²) in [4.78, 5) is 39.5. The van der Waals surface area contributed by atoms with Crippen LogP contribution in [0.3, 0.4) is 0 Å². The number of aromatic nitrogens is 2. The second-order valence-corrected chi connectivity index (χ2v) is 8.12. The molecule has 0 saturated carbocycles. The number of para-hydroxylation sites is 1. The van der Waals surface area contributed by atoms with Crippen LogP contribution in [-0.2, 0) is 17.9 Å². The van der Waals surface area contributed by atoms with E-state index >= 15 is 0 Å². The summed E-state index contributed by atoms with van der Waals surface area (Å²) < 4.78 is 1.61. The molecule has 2 heterocycles. The van der Waals surface area contributed by atoms with Gasteiger partial charge in [0, 0.05) is 44.4 Å². The van der Waals surface area contributed by atoms with Gasteiger partial charge in [0.1, 0.15) is 5.69 Å². The summed E-state index contributed by atoms with van der Waals surface area (Å²) in [6.07, 6.45) is 0.893. The minimum absolute atomic E-state index is 0.136. The zero-order chi connectivity index (χ0) is 23.2. The van der Waals surface area contributed by atoms with Crippen LogP contribution in [0.5, 0.6) is 0 Å². The zero-order valence-corrected chi connectivity index (χ0v) is 18.6. The van der Waals surface area contributed by atoms with Crippen LogP contribution in [0, 0.1) is 6.92 Å². The van der Waals surface area contributed by atoms with Gasteiger partial charge in [0.05, 0.1) is 0 Å². The Labute approximate surface area is 192 Å². The molecule has 8 heteroatoms. The molecule has 0 fully saturated rings. The predicted octanol–water partition coefficient (Wildman–Crippen LogP) is 3.00. The van der Waals surface area contributed by atoms with Crippen molar-refractivity contribution in [2.24, 2.45) is 0 Å². The van der Waals surface area contributed by atoms with Gasteiger partial charge < -0.3 is 15.5 Å². The molecule has 2 N–H and O–H groups in total. The standard InChI is InChI=1S/C25H27N5O3/c1-18-8-10-19(11-9-18)17-29-14-5-15-30-22(25(29)33)16-21(28-30)24(32)26-13-12-23(31)27-20-6-3-2-4-7-20/h2-4,6-11,16H,5,12-15,17H2,1H3,(H,26,32)(H,27,31). The van der Waals surface area contributed by atoms with Crippen LogP contribution in [-0.4, -0.2) is 45.5 Å². The van der Waals surface area contributed by atoms with E-state index in [0.717, 1.165) is 12.0 Å². The van der Waals surface area contributed by atoms with Crippen LogP contribution in [0.25, 0.3) is 0 Å². The molecule has 1 aliphatic heterocycles. The number of hydrogen-bond acceptors (Lipinski definition) is 4. The highest BCUT2D eigenvalue weighted by Gasteiger charge is 2.26. The maximum Gasteiger partial charge on any atom is 0.272 e. The first-order chi connectivity index (χ1) is 16.0. The van der Waals surface area contributed by atoms with Gasteiger partial charge >= 0.3 is 0 Å². The summed E-state index contributed by atoms with van der Waals surface area (Å²) in [6.45, 7) is 3.92. The maximum atomic E-state index is 13.1. The average molecular weight is 446 g/mol. The highest BCUT2D eigenvalue weighted by Crippen LogP contribution is 2.17. The Morgan fingerprint density at radius 1 is 1.03 bits per heavy atom. The summed E-state index contributed by atoms with van der Waals surface area (Å²) >= 11 is 0. The van der Waals surface area contributed by atoms with Crippen molar-refractivity contribution in [3.63, 3.8) is 0 Å². The number of aryl methyl sites for hydroxylation is 2. The van der Waals surface area contributed by atoms with E-state index in [2.05, 4.69) is 15.7 Å². The average Bonchev–Trinajstić information content (AvgIpc) is 3.18. The molecule has 0 unspecified atom stereocenters. The topological polar surface area (TPSA) is 96.3 Å². The van der Waals surface area contributed by atoms with Gasteiger partial charge in [0.2, 0.25) is 5.91 Å². The highest BCUT2D eigenvalue weighted by molar-refractivity contribution is 5.98. The summed E-state index contributed by atoms with van der Waals surface area (Å²) in [5.41, 5.74) is 3.53. The van der Waals surface area contributed by atoms with E-state index in [0.29, 0.717) is 31.0 Å². The van der Waals surface area contributed by atoms with Crippen molar-refractivity contribution in [3.05, 3.63) is 83.2 Å². The Balaban J connectivity index is 1.34. The number of benzene rings is 2. The van der Waals surface area contributed by atoms with Crippen LogP contribution in [0.4, 0.5) is 5.69 Å². The summed E-state index contributed by atoms with van der Waals surface area (Å²) in [6, 6.07) is 18.8. The number of amides is 3. The number of anilines is 1. The molecule has 33 heavy (non-hydrogen) atoms. The lowest BCUT2D eigenvalue weighted by Gasteiger charge is -2.20. The van der Waals surface area contributed by atoms with Crippen molar-refractivity contribution in [2.45, 2.75) is 32.9 Å². The second kappa shape index (κ2) is 10.1. The Bertz CT molecular complexity index is 1140. The molecule has 0 spiro atoms. The van der Waals surface area contributed by atoms with E-state index in [1.165, 1.54) is 11.6 Å². The Morgan fingerprint density at radius 3 is 2.55 bits per heavy atom. The molecule has 170 valence electrons. The molecule has 1 aliphatic rings. The fraction of sp³-hybridized carbons (Fsp3) is 0.280. The molecule has 2 aromatic carbocycles. The Hall–Kier alpha value is -3.94. The fourth-order valence-corrected chi connectivity index (χ4v) is 3.74. The molecule has 0 aliphatic carbocycles. The predicted molar refractivity (Wildman–Crippen MR) is 125 cm³/mol. The van der Waals surface area contributed by atoms with Crippen molar-refractivity contribution in [1.29, 1.82) is 0 Å². The molecule has 0 saturated heterocycles. The van der Waals surface area contributed by atoms with Crippen LogP contribution in [0.2, 0.25) is 0 Å². The monoisotopic (exact) mass is 445 g/mol. The molecule has 4 rings (SSSR count). The van der Waals surface area contributed by atoms with Gasteiger partial charge in [-0.3, -0.25) is 19.1 Å². The minimum atomic E-state index is -0.402. The van der Waals surface area contributed by atoms with Crippen LogP contribution < -0.4 is 10.6 Å². The fourth-order valence-electron chi connectivity index (χ4n) is 3.74. The Morgan fingerprint density at radius 2 is 1.79 bits per heavy atom. The number of hydrogen-bond donors (Lipinski definition) is 2. The van der Waals surface area contributed by atoms with E-state index in [9.17, 15) is 14.4 Å². The van der Waals surface area contributed by atoms with Crippen molar-refractivity contribution in [3.8, 4) is 0 Å². The molecule has 3 aromatic rings. The van der Waals surface area contributed by atoms with Crippen molar-refractivity contribution in [1.82, 2.24) is 20.0 Å².